The molecule has 1 fully saturated rings. The molecule has 3 rings (SSSR count). The van der Waals surface area contributed by atoms with Crippen molar-refractivity contribution in [3.8, 4) is 0 Å². The van der Waals surface area contributed by atoms with Gasteiger partial charge in [0.15, 0.2) is 0 Å². The second-order valence-electron chi connectivity index (χ2n) is 5.31. The largest absolute Gasteiger partial charge is 0.338 e. The van der Waals surface area contributed by atoms with Crippen LogP contribution >= 0.6 is 11.6 Å². The number of benzene rings is 1. The van der Waals surface area contributed by atoms with E-state index in [2.05, 4.69) is 15.8 Å². The van der Waals surface area contributed by atoms with E-state index in [0.29, 0.717) is 17.0 Å². The Kier molecular flexibility index (Phi) is 4.73. The van der Waals surface area contributed by atoms with Crippen molar-refractivity contribution in [1.29, 1.82) is 0 Å². The maximum atomic E-state index is 13.8. The Bertz CT molecular complexity index is 679. The summed E-state index contributed by atoms with van der Waals surface area (Å²) >= 11 is 6.02. The van der Waals surface area contributed by atoms with E-state index in [0.717, 1.165) is 5.56 Å². The number of urea groups is 1. The SMILES string of the molecule is O=C(NOCc1cccnc1)N[C@@H]1C[C@H]1c1c(F)cccc1Cl. The highest BCUT2D eigenvalue weighted by molar-refractivity contribution is 6.31. The zero-order valence-electron chi connectivity index (χ0n) is 12.1. The van der Waals surface area contributed by atoms with E-state index in [1.54, 1.807) is 30.6 Å². The molecule has 2 amide bonds. The van der Waals surface area contributed by atoms with Gasteiger partial charge in [-0.1, -0.05) is 23.7 Å². The van der Waals surface area contributed by atoms with Gasteiger partial charge in [-0.05, 0) is 30.2 Å². The summed E-state index contributed by atoms with van der Waals surface area (Å²) in [6.45, 7) is 0.217. The lowest BCUT2D eigenvalue weighted by atomic mass is 10.1. The number of nitrogens with zero attached hydrogens (tertiary/aromatic N) is 1. The fraction of sp³-hybridized carbons (Fsp3) is 0.250. The molecule has 1 aromatic carbocycles. The minimum atomic E-state index is -0.464. The van der Waals surface area contributed by atoms with Crippen LogP contribution in [0.2, 0.25) is 5.02 Å². The molecule has 2 aromatic rings. The Balaban J connectivity index is 1.45. The van der Waals surface area contributed by atoms with Crippen molar-refractivity contribution < 1.29 is 14.0 Å². The van der Waals surface area contributed by atoms with Crippen molar-refractivity contribution in [3.63, 3.8) is 0 Å². The molecular weight excluding hydrogens is 321 g/mol. The van der Waals surface area contributed by atoms with Gasteiger partial charge < -0.3 is 5.32 Å². The fourth-order valence-electron chi connectivity index (χ4n) is 2.40. The van der Waals surface area contributed by atoms with Gasteiger partial charge in [-0.25, -0.2) is 14.7 Å². The molecule has 0 bridgehead atoms. The lowest BCUT2D eigenvalue weighted by molar-refractivity contribution is 0.0488. The van der Waals surface area contributed by atoms with Crippen molar-refractivity contribution in [1.82, 2.24) is 15.8 Å². The van der Waals surface area contributed by atoms with Crippen LogP contribution in [0.1, 0.15) is 23.5 Å². The summed E-state index contributed by atoms with van der Waals surface area (Å²) in [5, 5.41) is 3.11. The molecule has 0 spiro atoms. The molecule has 0 unspecified atom stereocenters. The Morgan fingerprint density at radius 1 is 1.39 bits per heavy atom. The second-order valence-corrected chi connectivity index (χ2v) is 5.72. The van der Waals surface area contributed by atoms with Gasteiger partial charge in [-0.3, -0.25) is 9.82 Å². The number of aromatic nitrogens is 1. The molecule has 0 saturated heterocycles. The fourth-order valence-corrected chi connectivity index (χ4v) is 2.71. The first kappa shape index (κ1) is 15.7. The number of carbonyl (C=O) groups excluding carboxylic acids is 1. The Hall–Kier alpha value is -2.18. The number of carbonyl (C=O) groups is 1. The van der Waals surface area contributed by atoms with Gasteiger partial charge >= 0.3 is 6.03 Å². The van der Waals surface area contributed by atoms with Crippen LogP contribution in [0.5, 0.6) is 0 Å². The number of amides is 2. The summed E-state index contributed by atoms with van der Waals surface area (Å²) < 4.78 is 13.8. The lowest BCUT2D eigenvalue weighted by Crippen LogP contribution is -2.37. The van der Waals surface area contributed by atoms with Crippen LogP contribution in [0.3, 0.4) is 0 Å². The van der Waals surface area contributed by atoms with Crippen LogP contribution in [-0.2, 0) is 11.4 Å². The smallest absolute Gasteiger partial charge is 0.333 e. The number of pyridine rings is 1. The average molecular weight is 336 g/mol. The van der Waals surface area contributed by atoms with Gasteiger partial charge in [-0.15, -0.1) is 0 Å². The Morgan fingerprint density at radius 3 is 3.00 bits per heavy atom. The van der Waals surface area contributed by atoms with Crippen LogP contribution in [0, 0.1) is 5.82 Å². The summed E-state index contributed by atoms with van der Waals surface area (Å²) in [6.07, 6.45) is 3.96. The summed E-state index contributed by atoms with van der Waals surface area (Å²) in [6, 6.07) is 7.58. The van der Waals surface area contributed by atoms with E-state index in [1.807, 2.05) is 6.07 Å². The predicted molar refractivity (Wildman–Crippen MR) is 83.2 cm³/mol. The van der Waals surface area contributed by atoms with Crippen LogP contribution < -0.4 is 10.8 Å². The Labute approximate surface area is 137 Å². The first-order valence-corrected chi connectivity index (χ1v) is 7.54. The molecule has 1 heterocycles. The highest BCUT2D eigenvalue weighted by atomic mass is 35.5. The maximum absolute atomic E-state index is 13.8. The molecule has 0 aliphatic heterocycles. The molecule has 1 aliphatic rings. The van der Waals surface area contributed by atoms with Gasteiger partial charge in [0.05, 0.1) is 0 Å². The highest BCUT2D eigenvalue weighted by Gasteiger charge is 2.42. The number of nitrogens with one attached hydrogen (secondary N) is 2. The summed E-state index contributed by atoms with van der Waals surface area (Å²) in [5.41, 5.74) is 3.60. The molecule has 5 nitrogen and oxygen atoms in total. The van der Waals surface area contributed by atoms with Gasteiger partial charge in [-0.2, -0.15) is 0 Å². The van der Waals surface area contributed by atoms with Crippen molar-refractivity contribution in [2.45, 2.75) is 25.0 Å². The summed E-state index contributed by atoms with van der Waals surface area (Å²) in [7, 11) is 0. The van der Waals surface area contributed by atoms with Gasteiger partial charge in [0.25, 0.3) is 0 Å². The number of halogens is 2. The molecule has 7 heteroatoms. The summed E-state index contributed by atoms with van der Waals surface area (Å²) in [4.78, 5) is 20.8. The number of hydrogen-bond acceptors (Lipinski definition) is 3. The molecular formula is C16H15ClFN3O2. The van der Waals surface area contributed by atoms with E-state index >= 15 is 0 Å². The van der Waals surface area contributed by atoms with Crippen LogP contribution in [0.25, 0.3) is 0 Å². The number of hydroxylamine groups is 1. The third-order valence-corrected chi connectivity index (χ3v) is 3.93. The van der Waals surface area contributed by atoms with Crippen LogP contribution in [0.15, 0.2) is 42.7 Å². The highest BCUT2D eigenvalue weighted by Crippen LogP contribution is 2.44. The molecule has 1 aliphatic carbocycles. The average Bonchev–Trinajstić information content (AvgIpc) is 3.27. The van der Waals surface area contributed by atoms with Gasteiger partial charge in [0, 0.05) is 34.9 Å². The zero-order valence-corrected chi connectivity index (χ0v) is 12.9. The predicted octanol–water partition coefficient (Wildman–Crippen LogP) is 3.16. The number of rotatable bonds is 5. The van der Waals surface area contributed by atoms with E-state index in [4.69, 9.17) is 16.4 Å². The van der Waals surface area contributed by atoms with Crippen molar-refractivity contribution >= 4 is 17.6 Å². The van der Waals surface area contributed by atoms with Crippen molar-refractivity contribution in [2.75, 3.05) is 0 Å². The normalized spacial score (nSPS) is 19.2. The van der Waals surface area contributed by atoms with E-state index < -0.39 is 6.03 Å². The third-order valence-electron chi connectivity index (χ3n) is 3.60. The zero-order chi connectivity index (χ0) is 16.2. The van der Waals surface area contributed by atoms with E-state index in [9.17, 15) is 9.18 Å². The molecule has 0 radical (unpaired) electrons. The van der Waals surface area contributed by atoms with Gasteiger partial charge in [0.1, 0.15) is 12.4 Å². The molecule has 1 aromatic heterocycles. The van der Waals surface area contributed by atoms with Gasteiger partial charge in [0.2, 0.25) is 0 Å². The second kappa shape index (κ2) is 6.93. The first-order chi connectivity index (χ1) is 11.1. The lowest BCUT2D eigenvalue weighted by Gasteiger charge is -2.08. The topological polar surface area (TPSA) is 63.2 Å². The minimum Gasteiger partial charge on any atom is -0.333 e. The maximum Gasteiger partial charge on any atom is 0.338 e. The van der Waals surface area contributed by atoms with E-state index in [-0.39, 0.29) is 24.4 Å². The standard InChI is InChI=1S/C16H15ClFN3O2/c17-12-4-1-5-13(18)15(12)11-7-14(11)20-16(22)21-23-9-10-3-2-6-19-8-10/h1-6,8,11,14H,7,9H2,(H2,20,21,22)/t11-,14-/m1/s1. The molecule has 120 valence electrons. The van der Waals surface area contributed by atoms with E-state index in [1.165, 1.54) is 6.07 Å². The van der Waals surface area contributed by atoms with Crippen LogP contribution in [-0.4, -0.2) is 17.1 Å². The third kappa shape index (κ3) is 3.97. The molecule has 23 heavy (non-hydrogen) atoms. The first-order valence-electron chi connectivity index (χ1n) is 7.16. The quantitative estimate of drug-likeness (QED) is 0.825. The molecule has 2 N–H and O–H groups in total. The molecule has 1 saturated carbocycles. The molecule has 2 atom stereocenters. The number of hydrogen-bond donors (Lipinski definition) is 2. The van der Waals surface area contributed by atoms with Crippen LogP contribution in [0.4, 0.5) is 9.18 Å². The minimum absolute atomic E-state index is 0.104. The Morgan fingerprint density at radius 2 is 2.26 bits per heavy atom. The monoisotopic (exact) mass is 335 g/mol. The van der Waals surface area contributed by atoms with Crippen molar-refractivity contribution in [2.24, 2.45) is 0 Å². The summed E-state index contributed by atoms with van der Waals surface area (Å²) in [5.74, 6) is -0.451. The van der Waals surface area contributed by atoms with Crippen molar-refractivity contribution in [3.05, 3.63) is 64.7 Å².